The van der Waals surface area contributed by atoms with Gasteiger partial charge in [-0.1, -0.05) is 96.8 Å². The molecule has 4 N–H and O–H groups in total. The standard InChI is InChI=1S/C18H38N2O2.Mg.2H/c1-2-3-4-5-6-7-8-9-10-11-12-13-14-15-16-17(19)18(21)22-20;;;/h17H,2-16,19-20H2,1H3;;;/q;+2;2*-1. The van der Waals surface area contributed by atoms with Crippen LogP contribution in [0.15, 0.2) is 0 Å². The van der Waals surface area contributed by atoms with Crippen LogP contribution in [0.4, 0.5) is 0 Å². The maximum Gasteiger partial charge on any atom is 2.00 e. The van der Waals surface area contributed by atoms with Gasteiger partial charge >= 0.3 is 29.0 Å². The molecule has 23 heavy (non-hydrogen) atoms. The van der Waals surface area contributed by atoms with Crippen molar-refractivity contribution in [1.82, 2.24) is 0 Å². The Balaban J connectivity index is -0.000000735. The minimum Gasteiger partial charge on any atom is -1.00 e. The van der Waals surface area contributed by atoms with E-state index in [0.717, 1.165) is 12.8 Å². The van der Waals surface area contributed by atoms with Crippen LogP contribution >= 0.6 is 0 Å². The van der Waals surface area contributed by atoms with E-state index in [1.54, 1.807) is 0 Å². The fourth-order valence-corrected chi connectivity index (χ4v) is 2.76. The van der Waals surface area contributed by atoms with Gasteiger partial charge in [0.1, 0.15) is 6.04 Å². The minimum atomic E-state index is -0.553. The molecule has 0 heterocycles. The summed E-state index contributed by atoms with van der Waals surface area (Å²) in [6.45, 7) is 2.27. The predicted molar refractivity (Wildman–Crippen MR) is 101 cm³/mol. The maximum atomic E-state index is 11.0. The van der Waals surface area contributed by atoms with Crippen LogP contribution in [0.1, 0.15) is 106 Å². The van der Waals surface area contributed by atoms with Crippen LogP contribution < -0.4 is 11.6 Å². The van der Waals surface area contributed by atoms with Crippen molar-refractivity contribution in [3.63, 3.8) is 0 Å². The molecule has 0 saturated heterocycles. The van der Waals surface area contributed by atoms with Crippen molar-refractivity contribution in [2.45, 2.75) is 109 Å². The summed E-state index contributed by atoms with van der Waals surface area (Å²) < 4.78 is 0. The number of unbranched alkanes of at least 4 members (excludes halogenated alkanes) is 13. The van der Waals surface area contributed by atoms with Gasteiger partial charge in [0, 0.05) is 0 Å². The number of carbonyl (C=O) groups excluding carboxylic acids is 1. The molecule has 0 spiro atoms. The van der Waals surface area contributed by atoms with E-state index in [9.17, 15) is 4.79 Å². The Morgan fingerprint density at radius 1 is 0.826 bits per heavy atom. The molecule has 0 rings (SSSR count). The molecule has 1 unspecified atom stereocenters. The van der Waals surface area contributed by atoms with Crippen molar-refractivity contribution < 1.29 is 12.5 Å². The molecular formula is C18H40MgN2O2. The Morgan fingerprint density at radius 3 is 1.52 bits per heavy atom. The normalized spacial score (nSPS) is 11.8. The Labute approximate surface area is 162 Å². The summed E-state index contributed by atoms with van der Waals surface area (Å²) >= 11 is 0. The van der Waals surface area contributed by atoms with Gasteiger partial charge in [-0.05, 0) is 6.42 Å². The van der Waals surface area contributed by atoms with E-state index >= 15 is 0 Å². The van der Waals surface area contributed by atoms with Gasteiger partial charge in [-0.2, -0.15) is 5.90 Å². The molecule has 0 aromatic heterocycles. The molecule has 0 bridgehead atoms. The van der Waals surface area contributed by atoms with Gasteiger partial charge in [0.05, 0.1) is 0 Å². The van der Waals surface area contributed by atoms with Crippen LogP contribution in [0.5, 0.6) is 0 Å². The smallest absolute Gasteiger partial charge is 1.00 e. The van der Waals surface area contributed by atoms with Crippen LogP contribution in [0.3, 0.4) is 0 Å². The van der Waals surface area contributed by atoms with Gasteiger partial charge in [-0.3, -0.25) is 0 Å². The van der Waals surface area contributed by atoms with Gasteiger partial charge in [-0.15, -0.1) is 0 Å². The van der Waals surface area contributed by atoms with Gasteiger partial charge in [-0.25, -0.2) is 4.79 Å². The topological polar surface area (TPSA) is 78.3 Å². The third-order valence-electron chi connectivity index (χ3n) is 4.29. The maximum absolute atomic E-state index is 11.0. The van der Waals surface area contributed by atoms with Crippen LogP contribution in [0.2, 0.25) is 0 Å². The number of hydrogen-bond donors (Lipinski definition) is 2. The van der Waals surface area contributed by atoms with Crippen molar-refractivity contribution in [3.8, 4) is 0 Å². The monoisotopic (exact) mass is 340 g/mol. The summed E-state index contributed by atoms with van der Waals surface area (Å²) in [5.74, 6) is 4.29. The van der Waals surface area contributed by atoms with Gasteiger partial charge in [0.25, 0.3) is 0 Å². The largest absolute Gasteiger partial charge is 2.00 e. The second kappa shape index (κ2) is 20.2. The van der Waals surface area contributed by atoms with E-state index < -0.39 is 12.0 Å². The van der Waals surface area contributed by atoms with Crippen molar-refractivity contribution in [1.29, 1.82) is 0 Å². The summed E-state index contributed by atoms with van der Waals surface area (Å²) in [5.41, 5.74) is 5.62. The average molecular weight is 341 g/mol. The molecule has 1 atom stereocenters. The summed E-state index contributed by atoms with van der Waals surface area (Å²) in [5, 5.41) is 0. The molecular weight excluding hydrogens is 301 g/mol. The second-order valence-electron chi connectivity index (χ2n) is 6.43. The molecule has 0 aliphatic heterocycles. The van der Waals surface area contributed by atoms with Crippen LogP contribution in [-0.2, 0) is 9.63 Å². The van der Waals surface area contributed by atoms with Gasteiger partial charge < -0.3 is 13.4 Å². The summed E-state index contributed by atoms with van der Waals surface area (Å²) in [4.78, 5) is 15.1. The molecule has 0 radical (unpaired) electrons. The molecule has 0 saturated carbocycles. The number of nitrogens with two attached hydrogens (primary N) is 2. The van der Waals surface area contributed by atoms with E-state index in [-0.39, 0.29) is 25.9 Å². The van der Waals surface area contributed by atoms with Crippen molar-refractivity contribution in [3.05, 3.63) is 0 Å². The summed E-state index contributed by atoms with van der Waals surface area (Å²) in [7, 11) is 0. The zero-order valence-electron chi connectivity index (χ0n) is 17.4. The molecule has 0 aromatic rings. The minimum absolute atomic E-state index is 0. The second-order valence-corrected chi connectivity index (χ2v) is 6.43. The first-order chi connectivity index (χ1) is 10.7. The Morgan fingerprint density at radius 2 is 1.17 bits per heavy atom. The molecule has 4 nitrogen and oxygen atoms in total. The average Bonchev–Trinajstić information content (AvgIpc) is 2.54. The third kappa shape index (κ3) is 18.3. The van der Waals surface area contributed by atoms with E-state index in [1.165, 1.54) is 77.0 Å². The SMILES string of the molecule is CCCCCCCCCCCCCCCCC(N)C(=O)ON.[H-].[H-].[Mg+2]. The summed E-state index contributed by atoms with van der Waals surface area (Å²) in [6, 6.07) is -0.553. The fraction of sp³-hybridized carbons (Fsp3) is 0.944. The van der Waals surface area contributed by atoms with E-state index in [2.05, 4.69) is 11.8 Å². The van der Waals surface area contributed by atoms with E-state index in [0.29, 0.717) is 6.42 Å². The number of rotatable bonds is 16. The van der Waals surface area contributed by atoms with Crippen LogP contribution in [-0.4, -0.2) is 35.1 Å². The Hall–Kier alpha value is 0.156. The van der Waals surface area contributed by atoms with Crippen molar-refractivity contribution in [2.75, 3.05) is 0 Å². The van der Waals surface area contributed by atoms with E-state index in [4.69, 9.17) is 11.6 Å². The first-order valence-corrected chi connectivity index (χ1v) is 9.38. The summed E-state index contributed by atoms with van der Waals surface area (Å²) in [6.07, 6.45) is 19.3. The number of carbonyl (C=O) groups is 1. The molecule has 0 aromatic carbocycles. The molecule has 5 heteroatoms. The van der Waals surface area contributed by atoms with Crippen molar-refractivity contribution in [2.24, 2.45) is 11.6 Å². The van der Waals surface area contributed by atoms with Gasteiger partial charge in [0.2, 0.25) is 0 Å². The Kier molecular flexibility index (Phi) is 22.3. The Bertz CT molecular complexity index is 263. The zero-order valence-corrected chi connectivity index (χ0v) is 16.8. The fourth-order valence-electron chi connectivity index (χ4n) is 2.76. The molecule has 0 amide bonds. The van der Waals surface area contributed by atoms with Crippen LogP contribution in [0, 0.1) is 0 Å². The third-order valence-corrected chi connectivity index (χ3v) is 4.29. The molecule has 0 aliphatic rings. The first-order valence-electron chi connectivity index (χ1n) is 9.38. The number of hydrogen-bond acceptors (Lipinski definition) is 4. The van der Waals surface area contributed by atoms with Crippen molar-refractivity contribution >= 4 is 29.0 Å². The van der Waals surface area contributed by atoms with Crippen LogP contribution in [0.25, 0.3) is 0 Å². The molecule has 0 fully saturated rings. The van der Waals surface area contributed by atoms with Gasteiger partial charge in [0.15, 0.2) is 0 Å². The predicted octanol–water partition coefficient (Wildman–Crippen LogP) is 4.45. The molecule has 0 aliphatic carbocycles. The quantitative estimate of drug-likeness (QED) is 0.247. The molecule has 136 valence electrons. The first kappa shape index (κ1) is 25.4. The van der Waals surface area contributed by atoms with E-state index in [1.807, 2.05) is 0 Å². The zero-order chi connectivity index (χ0) is 16.5.